The van der Waals surface area contributed by atoms with Gasteiger partial charge in [-0.2, -0.15) is 0 Å². The van der Waals surface area contributed by atoms with Crippen LogP contribution >= 0.6 is 0 Å². The Morgan fingerprint density at radius 2 is 1.70 bits per heavy atom. The highest BCUT2D eigenvalue weighted by Gasteiger charge is 2.34. The van der Waals surface area contributed by atoms with Gasteiger partial charge in [0, 0.05) is 31.9 Å². The fourth-order valence-electron chi connectivity index (χ4n) is 2.98. The number of amides is 2. The van der Waals surface area contributed by atoms with E-state index in [-0.39, 0.29) is 6.54 Å². The lowest BCUT2D eigenvalue weighted by atomic mass is 10.1. The topological polar surface area (TPSA) is 106 Å². The molecule has 0 unspecified atom stereocenters. The van der Waals surface area contributed by atoms with E-state index in [1.807, 2.05) is 30.3 Å². The van der Waals surface area contributed by atoms with Gasteiger partial charge in [-0.05, 0) is 24.3 Å². The second kappa shape index (κ2) is 8.70. The highest BCUT2D eigenvalue weighted by atomic mass is 16.3. The zero-order valence-electron chi connectivity index (χ0n) is 14.8. The van der Waals surface area contributed by atoms with Crippen LogP contribution < -0.4 is 10.2 Å². The molecule has 27 heavy (non-hydrogen) atoms. The fourth-order valence-corrected chi connectivity index (χ4v) is 2.98. The number of aliphatic hydroxyl groups excluding tert-OH is 2. The number of nitrogens with one attached hydrogen (secondary N) is 1. The zero-order chi connectivity index (χ0) is 19.2. The molecule has 0 saturated carbocycles. The van der Waals surface area contributed by atoms with Crippen LogP contribution in [0.3, 0.4) is 0 Å². The van der Waals surface area contributed by atoms with Crippen molar-refractivity contribution in [2.24, 2.45) is 0 Å². The molecule has 1 aromatic heterocycles. The van der Waals surface area contributed by atoms with E-state index in [0.717, 1.165) is 5.69 Å². The van der Waals surface area contributed by atoms with Crippen molar-refractivity contribution < 1.29 is 24.2 Å². The lowest BCUT2D eigenvalue weighted by Crippen LogP contribution is -2.55. The number of rotatable bonds is 6. The minimum atomic E-state index is -1.83. The second-order valence-corrected chi connectivity index (χ2v) is 6.33. The monoisotopic (exact) mass is 373 g/mol. The van der Waals surface area contributed by atoms with Gasteiger partial charge < -0.3 is 29.7 Å². The summed E-state index contributed by atoms with van der Waals surface area (Å²) in [6.45, 7) is 2.11. The van der Waals surface area contributed by atoms with Crippen molar-refractivity contribution >= 4 is 17.5 Å². The number of hydrogen-bond donors (Lipinski definition) is 3. The van der Waals surface area contributed by atoms with Gasteiger partial charge in [0.05, 0.1) is 12.8 Å². The molecule has 1 aliphatic rings. The van der Waals surface area contributed by atoms with Crippen LogP contribution in [0.5, 0.6) is 0 Å². The van der Waals surface area contributed by atoms with E-state index in [1.165, 1.54) is 11.2 Å². The molecule has 2 aromatic rings. The Labute approximate surface area is 157 Å². The molecule has 0 radical (unpaired) electrons. The van der Waals surface area contributed by atoms with Gasteiger partial charge in [0.25, 0.3) is 11.8 Å². The van der Waals surface area contributed by atoms with E-state index in [9.17, 15) is 19.8 Å². The smallest absolute Gasteiger partial charge is 0.254 e. The molecule has 3 N–H and O–H groups in total. The average molecular weight is 373 g/mol. The van der Waals surface area contributed by atoms with Crippen LogP contribution in [0.25, 0.3) is 0 Å². The van der Waals surface area contributed by atoms with Crippen molar-refractivity contribution in [3.05, 3.63) is 54.5 Å². The summed E-state index contributed by atoms with van der Waals surface area (Å²) in [4.78, 5) is 28.0. The van der Waals surface area contributed by atoms with Crippen LogP contribution in [-0.4, -0.2) is 65.3 Å². The summed E-state index contributed by atoms with van der Waals surface area (Å²) in [6.07, 6.45) is -2.17. The molecule has 1 fully saturated rings. The molecule has 2 heterocycles. The van der Waals surface area contributed by atoms with Gasteiger partial charge in [-0.3, -0.25) is 9.59 Å². The summed E-state index contributed by atoms with van der Waals surface area (Å²) in [5.41, 5.74) is 1.07. The molecule has 144 valence electrons. The third-order valence-corrected chi connectivity index (χ3v) is 4.55. The van der Waals surface area contributed by atoms with Crippen molar-refractivity contribution in [2.45, 2.75) is 18.8 Å². The van der Waals surface area contributed by atoms with E-state index < -0.39 is 24.0 Å². The molecule has 8 heteroatoms. The van der Waals surface area contributed by atoms with Crippen LogP contribution in [0.4, 0.5) is 5.69 Å². The Balaban J connectivity index is 1.49. The van der Waals surface area contributed by atoms with Crippen LogP contribution in [0.1, 0.15) is 5.76 Å². The Morgan fingerprint density at radius 1 is 1.00 bits per heavy atom. The van der Waals surface area contributed by atoms with E-state index >= 15 is 0 Å². The number of nitrogens with zero attached hydrogens (tertiary/aromatic N) is 2. The SMILES string of the molecule is O=C(NCc1ccco1)[C@H](O)[C@@H](O)C(=O)N1CCN(c2ccccc2)CC1. The summed E-state index contributed by atoms with van der Waals surface area (Å²) in [5, 5.41) is 22.5. The van der Waals surface area contributed by atoms with Gasteiger partial charge in [0.15, 0.2) is 12.2 Å². The molecule has 1 saturated heterocycles. The molecule has 2 atom stereocenters. The third kappa shape index (κ3) is 4.66. The maximum Gasteiger partial charge on any atom is 0.254 e. The number of anilines is 1. The number of hydrogen-bond acceptors (Lipinski definition) is 6. The Bertz CT molecular complexity index is 742. The first kappa shape index (κ1) is 18.9. The van der Waals surface area contributed by atoms with E-state index in [0.29, 0.717) is 31.9 Å². The van der Waals surface area contributed by atoms with Crippen molar-refractivity contribution in [2.75, 3.05) is 31.1 Å². The molecule has 0 aliphatic carbocycles. The molecule has 0 bridgehead atoms. The number of aliphatic hydroxyl groups is 2. The lowest BCUT2D eigenvalue weighted by Gasteiger charge is -2.37. The maximum absolute atomic E-state index is 12.4. The number of carbonyl (C=O) groups excluding carboxylic acids is 2. The van der Waals surface area contributed by atoms with Crippen molar-refractivity contribution in [1.82, 2.24) is 10.2 Å². The molecular weight excluding hydrogens is 350 g/mol. The van der Waals surface area contributed by atoms with Crippen LogP contribution in [0.15, 0.2) is 53.1 Å². The summed E-state index contributed by atoms with van der Waals surface area (Å²) in [6, 6.07) is 13.2. The number of carbonyl (C=O) groups is 2. The second-order valence-electron chi connectivity index (χ2n) is 6.33. The minimum absolute atomic E-state index is 0.0690. The van der Waals surface area contributed by atoms with Gasteiger partial charge in [0.2, 0.25) is 0 Å². The first-order valence-corrected chi connectivity index (χ1v) is 8.81. The first-order valence-electron chi connectivity index (χ1n) is 8.81. The highest BCUT2D eigenvalue weighted by Crippen LogP contribution is 2.16. The largest absolute Gasteiger partial charge is 0.467 e. The Morgan fingerprint density at radius 3 is 2.33 bits per heavy atom. The average Bonchev–Trinajstić information content (AvgIpc) is 3.25. The number of benzene rings is 1. The quantitative estimate of drug-likeness (QED) is 0.656. The number of piperazine rings is 1. The molecule has 8 nitrogen and oxygen atoms in total. The Kier molecular flexibility index (Phi) is 6.10. The van der Waals surface area contributed by atoms with Gasteiger partial charge in [-0.1, -0.05) is 18.2 Å². The highest BCUT2D eigenvalue weighted by molar-refractivity contribution is 5.90. The molecule has 0 spiro atoms. The molecule has 1 aromatic carbocycles. The zero-order valence-corrected chi connectivity index (χ0v) is 14.8. The summed E-state index contributed by atoms with van der Waals surface area (Å²) < 4.78 is 5.07. The summed E-state index contributed by atoms with van der Waals surface area (Å²) in [5.74, 6) is -0.966. The van der Waals surface area contributed by atoms with Crippen LogP contribution in [0.2, 0.25) is 0 Å². The van der Waals surface area contributed by atoms with E-state index in [4.69, 9.17) is 4.42 Å². The summed E-state index contributed by atoms with van der Waals surface area (Å²) in [7, 11) is 0. The molecule has 3 rings (SSSR count). The van der Waals surface area contributed by atoms with Gasteiger partial charge in [0.1, 0.15) is 5.76 Å². The van der Waals surface area contributed by atoms with E-state index in [1.54, 1.807) is 12.1 Å². The summed E-state index contributed by atoms with van der Waals surface area (Å²) >= 11 is 0. The predicted octanol–water partition coefficient (Wildman–Crippen LogP) is -0.0336. The fraction of sp³-hybridized carbons (Fsp3) is 0.368. The third-order valence-electron chi connectivity index (χ3n) is 4.55. The van der Waals surface area contributed by atoms with Crippen LogP contribution in [0, 0.1) is 0 Å². The van der Waals surface area contributed by atoms with Crippen molar-refractivity contribution in [3.8, 4) is 0 Å². The number of para-hydroxylation sites is 1. The van der Waals surface area contributed by atoms with Crippen LogP contribution in [-0.2, 0) is 16.1 Å². The predicted molar refractivity (Wildman–Crippen MR) is 97.8 cm³/mol. The van der Waals surface area contributed by atoms with E-state index in [2.05, 4.69) is 10.2 Å². The standard InChI is InChI=1S/C19H23N3O5/c23-16(18(25)20-13-15-7-4-12-27-15)17(24)19(26)22-10-8-21(9-11-22)14-5-2-1-3-6-14/h1-7,12,16-17,23-24H,8-11,13H2,(H,20,25)/t16-,17-/m1/s1. The van der Waals surface area contributed by atoms with Crippen molar-refractivity contribution in [3.63, 3.8) is 0 Å². The first-order chi connectivity index (χ1) is 13.1. The Hall–Kier alpha value is -2.84. The molecular formula is C19H23N3O5. The maximum atomic E-state index is 12.4. The minimum Gasteiger partial charge on any atom is -0.467 e. The van der Waals surface area contributed by atoms with Crippen molar-refractivity contribution in [1.29, 1.82) is 0 Å². The lowest BCUT2D eigenvalue weighted by molar-refractivity contribution is -0.153. The molecule has 2 amide bonds. The van der Waals surface area contributed by atoms with Gasteiger partial charge in [-0.15, -0.1) is 0 Å². The number of furan rings is 1. The van der Waals surface area contributed by atoms with Gasteiger partial charge >= 0.3 is 0 Å². The normalized spacial score (nSPS) is 16.7. The molecule has 1 aliphatic heterocycles. The van der Waals surface area contributed by atoms with Gasteiger partial charge in [-0.25, -0.2) is 0 Å².